The molecule has 0 spiro atoms. The molecule has 4 nitrogen and oxygen atoms in total. The molecule has 1 saturated heterocycles. The molecule has 0 amide bonds. The van der Waals surface area contributed by atoms with E-state index >= 15 is 0 Å². The number of carbonyl (C=O) groups is 1. The molecule has 1 heterocycles. The Morgan fingerprint density at radius 1 is 1.58 bits per heavy atom. The molecule has 1 atom stereocenters. The molecule has 0 unspecified atom stereocenters. The van der Waals surface area contributed by atoms with Crippen LogP contribution in [0.15, 0.2) is 30.4 Å². The predicted octanol–water partition coefficient (Wildman–Crippen LogP) is 2.98. The molecule has 1 N–H and O–H groups in total. The Bertz CT molecular complexity index is 493. The number of phenols is 1. The molecule has 1 fully saturated rings. The van der Waals surface area contributed by atoms with Gasteiger partial charge in [0.05, 0.1) is 24.9 Å². The first kappa shape index (κ1) is 13.6. The molecule has 1 aromatic carbocycles. The van der Waals surface area contributed by atoms with E-state index in [9.17, 15) is 9.90 Å². The van der Waals surface area contributed by atoms with Gasteiger partial charge in [0.1, 0.15) is 5.75 Å². The second-order valence-corrected chi connectivity index (χ2v) is 4.56. The zero-order valence-electron chi connectivity index (χ0n) is 11.0. The molecule has 0 bridgehead atoms. The standard InChI is InChI=1S/C15H18O4/c1-3-18-15(17)11-4-5-13(16)12(9-11)14-8-10(2)6-7-19-14/h4-5,9,14,16H,2-3,6-8H2,1H3/t14-/m1/s1. The van der Waals surface area contributed by atoms with Crippen LogP contribution in [0.5, 0.6) is 5.75 Å². The van der Waals surface area contributed by atoms with Gasteiger partial charge >= 0.3 is 5.97 Å². The maximum atomic E-state index is 11.7. The van der Waals surface area contributed by atoms with E-state index in [-0.39, 0.29) is 11.9 Å². The SMILES string of the molecule is C=C1CCO[C@@H](c2cc(C(=O)OCC)ccc2O)C1. The van der Waals surface area contributed by atoms with Gasteiger partial charge in [0, 0.05) is 5.56 Å². The van der Waals surface area contributed by atoms with Crippen molar-refractivity contribution in [2.75, 3.05) is 13.2 Å². The maximum absolute atomic E-state index is 11.7. The summed E-state index contributed by atoms with van der Waals surface area (Å²) in [6.07, 6.45) is 1.27. The number of rotatable bonds is 3. The molecule has 2 rings (SSSR count). The molecule has 1 aromatic rings. The van der Waals surface area contributed by atoms with Crippen LogP contribution in [0.25, 0.3) is 0 Å². The first-order valence-corrected chi connectivity index (χ1v) is 6.40. The monoisotopic (exact) mass is 262 g/mol. The van der Waals surface area contributed by atoms with Crippen molar-refractivity contribution >= 4 is 5.97 Å². The van der Waals surface area contributed by atoms with Crippen molar-refractivity contribution in [3.8, 4) is 5.75 Å². The third kappa shape index (κ3) is 3.15. The normalized spacial score (nSPS) is 19.2. The molecule has 0 aliphatic carbocycles. The summed E-state index contributed by atoms with van der Waals surface area (Å²) >= 11 is 0. The number of carbonyl (C=O) groups excluding carboxylic acids is 1. The highest BCUT2D eigenvalue weighted by atomic mass is 16.5. The molecule has 0 radical (unpaired) electrons. The summed E-state index contributed by atoms with van der Waals surface area (Å²) in [5.41, 5.74) is 2.14. The lowest BCUT2D eigenvalue weighted by molar-refractivity contribution is 0.0336. The zero-order chi connectivity index (χ0) is 13.8. The lowest BCUT2D eigenvalue weighted by Gasteiger charge is -2.25. The van der Waals surface area contributed by atoms with E-state index in [2.05, 4.69) is 6.58 Å². The molecule has 1 aliphatic heterocycles. The van der Waals surface area contributed by atoms with Crippen molar-refractivity contribution < 1.29 is 19.4 Å². The van der Waals surface area contributed by atoms with Gasteiger partial charge in [-0.15, -0.1) is 0 Å². The van der Waals surface area contributed by atoms with Crippen LogP contribution in [0.4, 0.5) is 0 Å². The maximum Gasteiger partial charge on any atom is 0.338 e. The molecule has 0 aromatic heterocycles. The van der Waals surface area contributed by atoms with Gasteiger partial charge in [0.2, 0.25) is 0 Å². The van der Waals surface area contributed by atoms with E-state index in [0.717, 1.165) is 12.0 Å². The predicted molar refractivity (Wildman–Crippen MR) is 71.1 cm³/mol. The molecule has 102 valence electrons. The fraction of sp³-hybridized carbons (Fsp3) is 0.400. The number of aromatic hydroxyl groups is 1. The van der Waals surface area contributed by atoms with Crippen LogP contribution in [0, 0.1) is 0 Å². The summed E-state index contributed by atoms with van der Waals surface area (Å²) in [4.78, 5) is 11.7. The van der Waals surface area contributed by atoms with Crippen LogP contribution in [-0.4, -0.2) is 24.3 Å². The van der Waals surface area contributed by atoms with Gasteiger partial charge in [0.25, 0.3) is 0 Å². The Hall–Kier alpha value is -1.81. The second kappa shape index (κ2) is 5.89. The molecule has 1 aliphatic rings. The fourth-order valence-corrected chi connectivity index (χ4v) is 2.12. The van der Waals surface area contributed by atoms with Crippen LogP contribution in [0.1, 0.15) is 41.8 Å². The topological polar surface area (TPSA) is 55.8 Å². The quantitative estimate of drug-likeness (QED) is 0.672. The minimum absolute atomic E-state index is 0.132. The highest BCUT2D eigenvalue weighted by Crippen LogP contribution is 2.35. The lowest BCUT2D eigenvalue weighted by atomic mass is 9.96. The summed E-state index contributed by atoms with van der Waals surface area (Å²) < 4.78 is 10.6. The second-order valence-electron chi connectivity index (χ2n) is 4.56. The first-order chi connectivity index (χ1) is 9.11. The minimum atomic E-state index is -0.390. The van der Waals surface area contributed by atoms with E-state index in [1.807, 2.05) is 0 Å². The Kier molecular flexibility index (Phi) is 4.22. The van der Waals surface area contributed by atoms with Crippen LogP contribution < -0.4 is 0 Å². The zero-order valence-corrected chi connectivity index (χ0v) is 11.0. The Balaban J connectivity index is 2.26. The van der Waals surface area contributed by atoms with Gasteiger partial charge in [-0.1, -0.05) is 12.2 Å². The molecule has 19 heavy (non-hydrogen) atoms. The average Bonchev–Trinajstić information content (AvgIpc) is 2.39. The first-order valence-electron chi connectivity index (χ1n) is 6.40. The summed E-state index contributed by atoms with van der Waals surface area (Å²) in [6, 6.07) is 4.69. The van der Waals surface area contributed by atoms with Gasteiger partial charge in [0.15, 0.2) is 0 Å². The third-order valence-corrected chi connectivity index (χ3v) is 3.13. The average molecular weight is 262 g/mol. The van der Waals surface area contributed by atoms with Gasteiger partial charge in [-0.05, 0) is 38.0 Å². The van der Waals surface area contributed by atoms with Crippen LogP contribution in [0.3, 0.4) is 0 Å². The van der Waals surface area contributed by atoms with Crippen molar-refractivity contribution in [3.05, 3.63) is 41.5 Å². The smallest absolute Gasteiger partial charge is 0.338 e. The number of benzene rings is 1. The van der Waals surface area contributed by atoms with Crippen molar-refractivity contribution in [1.82, 2.24) is 0 Å². The van der Waals surface area contributed by atoms with E-state index in [0.29, 0.717) is 30.8 Å². The lowest BCUT2D eigenvalue weighted by Crippen LogP contribution is -2.14. The van der Waals surface area contributed by atoms with E-state index < -0.39 is 5.97 Å². The largest absolute Gasteiger partial charge is 0.508 e. The van der Waals surface area contributed by atoms with Gasteiger partial charge in [-0.2, -0.15) is 0 Å². The molecule has 0 saturated carbocycles. The summed E-state index contributed by atoms with van der Waals surface area (Å²) in [5, 5.41) is 9.92. The number of esters is 1. The van der Waals surface area contributed by atoms with Crippen LogP contribution >= 0.6 is 0 Å². The minimum Gasteiger partial charge on any atom is -0.508 e. The Morgan fingerprint density at radius 2 is 2.37 bits per heavy atom. The van der Waals surface area contributed by atoms with Crippen molar-refractivity contribution in [2.45, 2.75) is 25.9 Å². The Morgan fingerprint density at radius 3 is 3.05 bits per heavy atom. The van der Waals surface area contributed by atoms with Gasteiger partial charge in [-0.3, -0.25) is 0 Å². The number of hydrogen-bond acceptors (Lipinski definition) is 4. The third-order valence-electron chi connectivity index (χ3n) is 3.13. The van der Waals surface area contributed by atoms with Crippen molar-refractivity contribution in [2.24, 2.45) is 0 Å². The van der Waals surface area contributed by atoms with E-state index in [1.54, 1.807) is 19.1 Å². The number of hydrogen-bond donors (Lipinski definition) is 1. The van der Waals surface area contributed by atoms with Gasteiger partial charge in [-0.25, -0.2) is 4.79 Å². The van der Waals surface area contributed by atoms with Crippen molar-refractivity contribution in [3.63, 3.8) is 0 Å². The van der Waals surface area contributed by atoms with Crippen LogP contribution in [-0.2, 0) is 9.47 Å². The summed E-state index contributed by atoms with van der Waals surface area (Å²) in [5.74, 6) is -0.258. The van der Waals surface area contributed by atoms with Crippen LogP contribution in [0.2, 0.25) is 0 Å². The van der Waals surface area contributed by atoms with Crippen molar-refractivity contribution in [1.29, 1.82) is 0 Å². The van der Waals surface area contributed by atoms with E-state index in [4.69, 9.17) is 9.47 Å². The molecular formula is C15H18O4. The highest BCUT2D eigenvalue weighted by molar-refractivity contribution is 5.89. The molecular weight excluding hydrogens is 244 g/mol. The summed E-state index contributed by atoms with van der Waals surface area (Å²) in [7, 11) is 0. The van der Waals surface area contributed by atoms with E-state index in [1.165, 1.54) is 6.07 Å². The highest BCUT2D eigenvalue weighted by Gasteiger charge is 2.22. The number of phenolic OH excluding ortho intramolecular Hbond substituents is 1. The Labute approximate surface area is 112 Å². The number of ether oxygens (including phenoxy) is 2. The fourth-order valence-electron chi connectivity index (χ4n) is 2.12. The molecule has 4 heteroatoms. The van der Waals surface area contributed by atoms with Gasteiger partial charge < -0.3 is 14.6 Å². The summed E-state index contributed by atoms with van der Waals surface area (Å²) in [6.45, 7) is 6.63.